The van der Waals surface area contributed by atoms with Crippen LogP contribution in [0.2, 0.25) is 0 Å². The molecule has 0 saturated carbocycles. The standard InChI is InChI=1S/C12H15N5O3S/c1-2-5-16-11(18)14-15-12(16)21-7-8-6-9(17(19)20)3-4-10(8)13/h3-4,6H,2,5,7,13H2,1H3,(H,14,18). The Hall–Kier alpha value is -2.29. The van der Waals surface area contributed by atoms with Crippen LogP contribution in [0.1, 0.15) is 18.9 Å². The Morgan fingerprint density at radius 2 is 2.29 bits per heavy atom. The molecule has 0 bridgehead atoms. The number of hydrogen-bond acceptors (Lipinski definition) is 6. The first kappa shape index (κ1) is 15.1. The molecule has 2 aromatic rings. The summed E-state index contributed by atoms with van der Waals surface area (Å²) in [6.45, 7) is 2.54. The van der Waals surface area contributed by atoms with E-state index in [0.29, 0.717) is 28.7 Å². The van der Waals surface area contributed by atoms with Crippen molar-refractivity contribution in [3.05, 3.63) is 44.4 Å². The number of aromatic amines is 1. The van der Waals surface area contributed by atoms with Crippen LogP contribution in [0.4, 0.5) is 11.4 Å². The number of nitrogens with two attached hydrogens (primary N) is 1. The van der Waals surface area contributed by atoms with E-state index in [2.05, 4.69) is 10.2 Å². The molecule has 112 valence electrons. The molecule has 8 nitrogen and oxygen atoms in total. The number of anilines is 1. The topological polar surface area (TPSA) is 120 Å². The van der Waals surface area contributed by atoms with Gasteiger partial charge in [0.05, 0.1) is 4.92 Å². The van der Waals surface area contributed by atoms with Crippen molar-refractivity contribution in [1.82, 2.24) is 14.8 Å². The first-order valence-corrected chi connectivity index (χ1v) is 7.32. The highest BCUT2D eigenvalue weighted by atomic mass is 32.2. The Morgan fingerprint density at radius 1 is 1.52 bits per heavy atom. The highest BCUT2D eigenvalue weighted by Gasteiger charge is 2.12. The van der Waals surface area contributed by atoms with E-state index < -0.39 is 4.92 Å². The van der Waals surface area contributed by atoms with Crippen molar-refractivity contribution >= 4 is 23.1 Å². The minimum atomic E-state index is -0.463. The molecule has 0 spiro atoms. The maximum absolute atomic E-state index is 11.6. The minimum Gasteiger partial charge on any atom is -0.398 e. The van der Waals surface area contributed by atoms with Crippen LogP contribution in [-0.4, -0.2) is 19.7 Å². The molecule has 21 heavy (non-hydrogen) atoms. The fourth-order valence-electron chi connectivity index (χ4n) is 1.81. The second-order valence-electron chi connectivity index (χ2n) is 4.39. The number of nitrogens with zero attached hydrogens (tertiary/aromatic N) is 3. The molecule has 0 fully saturated rings. The van der Waals surface area contributed by atoms with Crippen LogP contribution in [0.3, 0.4) is 0 Å². The third-order valence-corrected chi connectivity index (χ3v) is 3.89. The fraction of sp³-hybridized carbons (Fsp3) is 0.333. The Labute approximate surface area is 124 Å². The lowest BCUT2D eigenvalue weighted by atomic mass is 10.2. The summed E-state index contributed by atoms with van der Waals surface area (Å²) in [7, 11) is 0. The molecular formula is C12H15N5O3S. The lowest BCUT2D eigenvalue weighted by Gasteiger charge is -2.06. The van der Waals surface area contributed by atoms with Gasteiger partial charge in [0, 0.05) is 30.1 Å². The zero-order chi connectivity index (χ0) is 15.4. The Bertz CT molecular complexity index is 709. The van der Waals surface area contributed by atoms with Crippen molar-refractivity contribution in [2.75, 3.05) is 5.73 Å². The van der Waals surface area contributed by atoms with Gasteiger partial charge in [-0.05, 0) is 18.1 Å². The minimum absolute atomic E-state index is 0.00669. The van der Waals surface area contributed by atoms with Crippen LogP contribution in [0, 0.1) is 10.1 Å². The van der Waals surface area contributed by atoms with E-state index in [1.165, 1.54) is 34.5 Å². The molecule has 1 aromatic heterocycles. The predicted molar refractivity (Wildman–Crippen MR) is 80.2 cm³/mol. The zero-order valence-corrected chi connectivity index (χ0v) is 12.2. The van der Waals surface area contributed by atoms with Crippen molar-refractivity contribution in [2.45, 2.75) is 30.8 Å². The third kappa shape index (κ3) is 3.43. The van der Waals surface area contributed by atoms with Gasteiger partial charge >= 0.3 is 5.69 Å². The number of rotatable bonds is 6. The van der Waals surface area contributed by atoms with Crippen molar-refractivity contribution < 1.29 is 4.92 Å². The smallest absolute Gasteiger partial charge is 0.343 e. The van der Waals surface area contributed by atoms with Crippen LogP contribution in [0.5, 0.6) is 0 Å². The van der Waals surface area contributed by atoms with Gasteiger partial charge in [-0.2, -0.15) is 0 Å². The summed E-state index contributed by atoms with van der Waals surface area (Å²) in [4.78, 5) is 21.9. The second-order valence-corrected chi connectivity index (χ2v) is 5.33. The van der Waals surface area contributed by atoms with Gasteiger partial charge in [-0.1, -0.05) is 18.7 Å². The lowest BCUT2D eigenvalue weighted by Crippen LogP contribution is -2.17. The molecule has 1 aromatic carbocycles. The van der Waals surface area contributed by atoms with Crippen molar-refractivity contribution in [3.8, 4) is 0 Å². The molecule has 0 aliphatic heterocycles. The molecule has 0 saturated heterocycles. The molecule has 3 N–H and O–H groups in total. The first-order chi connectivity index (χ1) is 10.0. The fourth-order valence-corrected chi connectivity index (χ4v) is 2.78. The van der Waals surface area contributed by atoms with Crippen LogP contribution in [0.25, 0.3) is 0 Å². The highest BCUT2D eigenvalue weighted by Crippen LogP contribution is 2.26. The number of nitrogen functional groups attached to an aromatic ring is 1. The van der Waals surface area contributed by atoms with Crippen LogP contribution < -0.4 is 11.4 Å². The van der Waals surface area contributed by atoms with Gasteiger partial charge in [0.25, 0.3) is 5.69 Å². The second kappa shape index (κ2) is 6.44. The quantitative estimate of drug-likeness (QED) is 0.363. The van der Waals surface area contributed by atoms with Crippen molar-refractivity contribution in [2.24, 2.45) is 0 Å². The van der Waals surface area contributed by atoms with Crippen molar-refractivity contribution in [1.29, 1.82) is 0 Å². The summed E-state index contributed by atoms with van der Waals surface area (Å²) >= 11 is 1.31. The Morgan fingerprint density at radius 3 is 2.95 bits per heavy atom. The number of non-ortho nitro benzene ring substituents is 1. The van der Waals surface area contributed by atoms with Crippen LogP contribution >= 0.6 is 11.8 Å². The van der Waals surface area contributed by atoms with E-state index in [1.807, 2.05) is 6.92 Å². The average molecular weight is 309 g/mol. The Balaban J connectivity index is 2.18. The average Bonchev–Trinajstić information content (AvgIpc) is 2.79. The maximum Gasteiger partial charge on any atom is 0.343 e. The molecule has 0 aliphatic rings. The predicted octanol–water partition coefficient (Wildman–Crippen LogP) is 1.76. The van der Waals surface area contributed by atoms with Gasteiger partial charge in [0.1, 0.15) is 0 Å². The molecule has 0 aliphatic carbocycles. The number of nitrogens with one attached hydrogen (secondary N) is 1. The van der Waals surface area contributed by atoms with E-state index in [4.69, 9.17) is 5.73 Å². The SMILES string of the molecule is CCCn1c(SCc2cc([N+](=O)[O-])ccc2N)n[nH]c1=O. The molecule has 0 unspecified atom stereocenters. The van der Waals surface area contributed by atoms with E-state index in [0.717, 1.165) is 6.42 Å². The van der Waals surface area contributed by atoms with Crippen molar-refractivity contribution in [3.63, 3.8) is 0 Å². The van der Waals surface area contributed by atoms with Crippen LogP contribution in [0.15, 0.2) is 28.2 Å². The molecule has 1 heterocycles. The summed E-state index contributed by atoms with van der Waals surface area (Å²) in [5.41, 5.74) is 6.68. The number of benzene rings is 1. The zero-order valence-electron chi connectivity index (χ0n) is 11.4. The Kier molecular flexibility index (Phi) is 4.63. The van der Waals surface area contributed by atoms with Gasteiger partial charge in [-0.25, -0.2) is 9.89 Å². The molecule has 0 radical (unpaired) electrons. The normalized spacial score (nSPS) is 10.7. The highest BCUT2D eigenvalue weighted by molar-refractivity contribution is 7.98. The number of nitro groups is 1. The van der Waals surface area contributed by atoms with Gasteiger partial charge in [0.15, 0.2) is 5.16 Å². The molecular weight excluding hydrogens is 294 g/mol. The number of hydrogen-bond donors (Lipinski definition) is 2. The number of aromatic nitrogens is 3. The number of nitro benzene ring substituents is 1. The van der Waals surface area contributed by atoms with E-state index in [9.17, 15) is 14.9 Å². The summed E-state index contributed by atoms with van der Waals surface area (Å²) in [5, 5.41) is 17.7. The molecule has 0 amide bonds. The molecule has 0 atom stereocenters. The summed E-state index contributed by atoms with van der Waals surface area (Å²) in [6.07, 6.45) is 0.811. The van der Waals surface area contributed by atoms with E-state index in [-0.39, 0.29) is 11.4 Å². The number of thioether (sulfide) groups is 1. The van der Waals surface area contributed by atoms with Crippen LogP contribution in [-0.2, 0) is 12.3 Å². The summed E-state index contributed by atoms with van der Waals surface area (Å²) in [5.74, 6) is 0.404. The summed E-state index contributed by atoms with van der Waals surface area (Å²) in [6, 6.07) is 4.32. The summed E-state index contributed by atoms with van der Waals surface area (Å²) < 4.78 is 1.54. The monoisotopic (exact) mass is 309 g/mol. The van der Waals surface area contributed by atoms with Gasteiger partial charge in [0.2, 0.25) is 0 Å². The van der Waals surface area contributed by atoms with E-state index >= 15 is 0 Å². The van der Waals surface area contributed by atoms with Gasteiger partial charge < -0.3 is 5.73 Å². The molecule has 9 heteroatoms. The number of H-pyrrole nitrogens is 1. The molecule has 2 rings (SSSR count). The van der Waals surface area contributed by atoms with Gasteiger partial charge in [-0.3, -0.25) is 14.7 Å². The van der Waals surface area contributed by atoms with Gasteiger partial charge in [-0.15, -0.1) is 5.10 Å². The lowest BCUT2D eigenvalue weighted by molar-refractivity contribution is -0.384. The first-order valence-electron chi connectivity index (χ1n) is 6.33. The largest absolute Gasteiger partial charge is 0.398 e. The maximum atomic E-state index is 11.6. The third-order valence-electron chi connectivity index (χ3n) is 2.86. The van der Waals surface area contributed by atoms with E-state index in [1.54, 1.807) is 0 Å².